The van der Waals surface area contributed by atoms with Crippen LogP contribution in [-0.4, -0.2) is 42.1 Å². The van der Waals surface area contributed by atoms with Crippen LogP contribution < -0.4 is 0 Å². The van der Waals surface area contributed by atoms with Crippen molar-refractivity contribution < 1.29 is 29.0 Å². The van der Waals surface area contributed by atoms with Gasteiger partial charge in [-0.3, -0.25) is 14.4 Å². The number of aliphatic hydroxyl groups is 1. The molecule has 0 fully saturated rings. The highest BCUT2D eigenvalue weighted by Crippen LogP contribution is 2.13. The van der Waals surface area contributed by atoms with Crippen molar-refractivity contribution >= 4 is 17.7 Å². The zero-order valence-corrected chi connectivity index (χ0v) is 29.6. The van der Waals surface area contributed by atoms with Gasteiger partial charge in [-0.25, -0.2) is 0 Å². The second kappa shape index (κ2) is 35.4. The van der Waals surface area contributed by atoms with Crippen molar-refractivity contribution in [2.45, 2.75) is 174 Å². The molecule has 0 bridgehead atoms. The number of ketones is 1. The summed E-state index contributed by atoms with van der Waals surface area (Å²) in [5.74, 6) is -0.859. The number of hydrogen-bond acceptors (Lipinski definition) is 6. The lowest BCUT2D eigenvalue weighted by atomic mass is 10.0. The highest BCUT2D eigenvalue weighted by Gasteiger charge is 2.12. The monoisotopic (exact) mass is 645 g/mol. The summed E-state index contributed by atoms with van der Waals surface area (Å²) in [5.41, 5.74) is 0. The molecule has 264 valence electrons. The van der Waals surface area contributed by atoms with E-state index in [1.807, 2.05) is 12.2 Å². The maximum atomic E-state index is 12.0. The lowest BCUT2D eigenvalue weighted by Crippen LogP contribution is -2.25. The van der Waals surface area contributed by atoms with E-state index in [0.717, 1.165) is 38.5 Å². The smallest absolute Gasteiger partial charge is 0.305 e. The minimum atomic E-state index is -1.05. The molecule has 0 spiro atoms. The van der Waals surface area contributed by atoms with Crippen LogP contribution in [0.5, 0.6) is 0 Å². The number of unbranched alkanes of at least 4 members (excludes halogenated alkanes) is 16. The van der Waals surface area contributed by atoms with E-state index in [-0.39, 0.29) is 37.8 Å². The van der Waals surface area contributed by atoms with Gasteiger partial charge in [-0.15, -0.1) is 0 Å². The van der Waals surface area contributed by atoms with Gasteiger partial charge in [-0.05, 0) is 44.6 Å². The summed E-state index contributed by atoms with van der Waals surface area (Å²) in [6, 6.07) is 0. The Morgan fingerprint density at radius 2 is 0.978 bits per heavy atom. The fourth-order valence-electron chi connectivity index (χ4n) is 4.92. The second-order valence-corrected chi connectivity index (χ2v) is 12.4. The maximum Gasteiger partial charge on any atom is 0.305 e. The van der Waals surface area contributed by atoms with Crippen molar-refractivity contribution in [1.29, 1.82) is 0 Å². The zero-order chi connectivity index (χ0) is 33.8. The van der Waals surface area contributed by atoms with Gasteiger partial charge in [-0.2, -0.15) is 0 Å². The van der Waals surface area contributed by atoms with Gasteiger partial charge in [0, 0.05) is 19.3 Å². The molecule has 0 aliphatic carbocycles. The number of allylic oxidation sites excluding steroid dienone is 8. The fraction of sp³-hybridized carbons (Fsp3) is 0.725. The molecule has 0 aromatic rings. The molecule has 0 saturated heterocycles. The lowest BCUT2D eigenvalue weighted by molar-refractivity contribution is -0.152. The number of carbonyl (C=O) groups excluding carboxylic acids is 3. The molecule has 6 heteroatoms. The Bertz CT molecular complexity index is 841. The zero-order valence-electron chi connectivity index (χ0n) is 29.6. The largest absolute Gasteiger partial charge is 0.463 e. The molecule has 0 aromatic carbocycles. The number of hydrogen-bond donors (Lipinski definition) is 1. The predicted octanol–water partition coefficient (Wildman–Crippen LogP) is 10.6. The SMILES string of the molecule is CCCCC/C=C\C/C=C\C/C=C\C=C\C(=O)CCCC(=O)OC[C@H](O)COC(=O)CCCCCCCCCCCCCCCC. The standard InChI is InChI=1S/C40H68O6/c1-3-5-7-9-11-13-15-17-19-21-23-25-27-29-33-39(43)45-35-38(42)36-46-40(44)34-30-32-37(41)31-28-26-24-22-20-18-16-14-12-10-8-6-4-2/h12,14,18,20,24,26,28,31,38,42H,3-11,13,15-17,19,21-23,25,27,29-30,32-36H2,1-2H3/b14-12-,20-18-,26-24-,31-28+/t38-/m1/s1. The van der Waals surface area contributed by atoms with Crippen molar-refractivity contribution in [3.63, 3.8) is 0 Å². The van der Waals surface area contributed by atoms with Crippen LogP contribution in [0.15, 0.2) is 48.6 Å². The molecule has 1 atom stereocenters. The molecular weight excluding hydrogens is 576 g/mol. The van der Waals surface area contributed by atoms with Crippen LogP contribution >= 0.6 is 0 Å². The highest BCUT2D eigenvalue weighted by molar-refractivity contribution is 5.90. The van der Waals surface area contributed by atoms with E-state index in [9.17, 15) is 19.5 Å². The van der Waals surface area contributed by atoms with E-state index in [1.54, 1.807) is 6.08 Å². The predicted molar refractivity (Wildman–Crippen MR) is 192 cm³/mol. The van der Waals surface area contributed by atoms with Crippen LogP contribution in [0, 0.1) is 0 Å². The van der Waals surface area contributed by atoms with Crippen molar-refractivity contribution in [2.24, 2.45) is 0 Å². The summed E-state index contributed by atoms with van der Waals surface area (Å²) in [6.45, 7) is 4.05. The summed E-state index contributed by atoms with van der Waals surface area (Å²) in [7, 11) is 0. The minimum Gasteiger partial charge on any atom is -0.463 e. The Hall–Kier alpha value is -2.47. The van der Waals surface area contributed by atoms with Crippen LogP contribution in [-0.2, 0) is 23.9 Å². The van der Waals surface area contributed by atoms with Gasteiger partial charge in [0.1, 0.15) is 19.3 Å². The maximum absolute atomic E-state index is 12.0. The van der Waals surface area contributed by atoms with Crippen molar-refractivity contribution in [3.05, 3.63) is 48.6 Å². The van der Waals surface area contributed by atoms with Crippen LogP contribution in [0.2, 0.25) is 0 Å². The molecule has 46 heavy (non-hydrogen) atoms. The second-order valence-electron chi connectivity index (χ2n) is 12.4. The first-order valence-electron chi connectivity index (χ1n) is 18.6. The number of aliphatic hydroxyl groups excluding tert-OH is 1. The van der Waals surface area contributed by atoms with Crippen molar-refractivity contribution in [2.75, 3.05) is 13.2 Å². The van der Waals surface area contributed by atoms with Gasteiger partial charge in [0.15, 0.2) is 5.78 Å². The van der Waals surface area contributed by atoms with Gasteiger partial charge in [0.2, 0.25) is 0 Å². The molecule has 0 aliphatic heterocycles. The average molecular weight is 645 g/mol. The third-order valence-electron chi connectivity index (χ3n) is 7.79. The summed E-state index contributed by atoms with van der Waals surface area (Å²) >= 11 is 0. The van der Waals surface area contributed by atoms with Crippen LogP contribution in [0.4, 0.5) is 0 Å². The summed E-state index contributed by atoms with van der Waals surface area (Å²) in [5, 5.41) is 9.97. The highest BCUT2D eigenvalue weighted by atomic mass is 16.6. The molecule has 0 rings (SSSR count). The molecule has 0 radical (unpaired) electrons. The normalized spacial score (nSPS) is 12.6. The molecule has 0 saturated carbocycles. The molecular formula is C40H68O6. The van der Waals surface area contributed by atoms with Gasteiger partial charge < -0.3 is 14.6 Å². The Kier molecular flexibility index (Phi) is 33.5. The first-order chi connectivity index (χ1) is 22.5. The van der Waals surface area contributed by atoms with E-state index in [2.05, 4.69) is 38.2 Å². The Morgan fingerprint density at radius 3 is 1.54 bits per heavy atom. The van der Waals surface area contributed by atoms with Gasteiger partial charge in [0.05, 0.1) is 0 Å². The van der Waals surface area contributed by atoms with Crippen molar-refractivity contribution in [3.8, 4) is 0 Å². The topological polar surface area (TPSA) is 89.9 Å². The lowest BCUT2D eigenvalue weighted by Gasteiger charge is -2.12. The summed E-state index contributed by atoms with van der Waals surface area (Å²) in [6.07, 6.45) is 40.2. The molecule has 0 heterocycles. The average Bonchev–Trinajstić information content (AvgIpc) is 3.05. The van der Waals surface area contributed by atoms with Crippen LogP contribution in [0.3, 0.4) is 0 Å². The number of ether oxygens (including phenoxy) is 2. The molecule has 6 nitrogen and oxygen atoms in total. The van der Waals surface area contributed by atoms with Crippen LogP contribution in [0.25, 0.3) is 0 Å². The quantitative estimate of drug-likeness (QED) is 0.0251. The van der Waals surface area contributed by atoms with E-state index < -0.39 is 12.1 Å². The third-order valence-corrected chi connectivity index (χ3v) is 7.79. The molecule has 0 aliphatic rings. The molecule has 0 unspecified atom stereocenters. The summed E-state index contributed by atoms with van der Waals surface area (Å²) in [4.78, 5) is 35.8. The third kappa shape index (κ3) is 34.4. The number of carbonyl (C=O) groups is 3. The number of rotatable bonds is 33. The van der Waals surface area contributed by atoms with E-state index in [0.29, 0.717) is 12.8 Å². The van der Waals surface area contributed by atoms with Crippen molar-refractivity contribution in [1.82, 2.24) is 0 Å². The molecule has 1 N–H and O–H groups in total. The van der Waals surface area contributed by atoms with Gasteiger partial charge in [0.25, 0.3) is 0 Å². The Balaban J connectivity index is 3.65. The van der Waals surface area contributed by atoms with Crippen LogP contribution in [0.1, 0.15) is 168 Å². The molecule has 0 aromatic heterocycles. The van der Waals surface area contributed by atoms with E-state index in [4.69, 9.17) is 9.47 Å². The van der Waals surface area contributed by atoms with E-state index >= 15 is 0 Å². The minimum absolute atomic E-state index is 0.0491. The first-order valence-corrected chi connectivity index (χ1v) is 18.6. The Labute approximate surface area is 282 Å². The Morgan fingerprint density at radius 1 is 0.522 bits per heavy atom. The number of esters is 2. The summed E-state index contributed by atoms with van der Waals surface area (Å²) < 4.78 is 10.2. The van der Waals surface area contributed by atoms with E-state index in [1.165, 1.54) is 96.0 Å². The first kappa shape index (κ1) is 43.5. The van der Waals surface area contributed by atoms with Gasteiger partial charge >= 0.3 is 11.9 Å². The van der Waals surface area contributed by atoms with Gasteiger partial charge in [-0.1, -0.05) is 153 Å². The molecule has 0 amide bonds. The fourth-order valence-corrected chi connectivity index (χ4v) is 4.92.